The zero-order valence-corrected chi connectivity index (χ0v) is 27.9. The van der Waals surface area contributed by atoms with Gasteiger partial charge in [0.25, 0.3) is 0 Å². The van der Waals surface area contributed by atoms with Gasteiger partial charge in [-0.05, 0) is 71.5 Å². The van der Waals surface area contributed by atoms with E-state index in [0.717, 1.165) is 22.2 Å². The second kappa shape index (κ2) is 13.4. The molecule has 0 amide bonds. The van der Waals surface area contributed by atoms with Gasteiger partial charge in [0.15, 0.2) is 0 Å². The minimum Gasteiger partial charge on any atom is -0.173 e. The lowest BCUT2D eigenvalue weighted by molar-refractivity contribution is 0.401. The van der Waals surface area contributed by atoms with Crippen LogP contribution in [0.25, 0.3) is 22.2 Å². The van der Waals surface area contributed by atoms with Gasteiger partial charge in [-0.1, -0.05) is 121 Å². The summed E-state index contributed by atoms with van der Waals surface area (Å²) in [5.74, 6) is 10.5. The number of benzene rings is 3. The topological polar surface area (TPSA) is 25.8 Å². The molecular formula is C38H44N2SSi. The number of rotatable bonds is 10. The Labute approximate surface area is 258 Å². The molecule has 42 heavy (non-hydrogen) atoms. The Balaban J connectivity index is 1.61. The first kappa shape index (κ1) is 30.3. The van der Waals surface area contributed by atoms with E-state index in [1.54, 1.807) is 0 Å². The lowest BCUT2D eigenvalue weighted by Crippen LogP contribution is -2.26. The molecule has 5 rings (SSSR count). The van der Waals surface area contributed by atoms with Gasteiger partial charge in [0.1, 0.15) is 19.1 Å². The molecule has 0 atom stereocenters. The molecule has 1 aliphatic rings. The third-order valence-electron chi connectivity index (χ3n) is 8.48. The normalized spacial score (nSPS) is 13.2. The summed E-state index contributed by atoms with van der Waals surface area (Å²) in [5.41, 5.74) is 14.4. The van der Waals surface area contributed by atoms with Crippen LogP contribution in [0.2, 0.25) is 19.6 Å². The van der Waals surface area contributed by atoms with E-state index in [4.69, 9.17) is 0 Å². The van der Waals surface area contributed by atoms with Crippen LogP contribution in [0.3, 0.4) is 0 Å². The van der Waals surface area contributed by atoms with E-state index >= 15 is 0 Å². The third kappa shape index (κ3) is 6.72. The van der Waals surface area contributed by atoms with Crippen molar-refractivity contribution in [2.75, 3.05) is 0 Å². The van der Waals surface area contributed by atoms with Gasteiger partial charge in [-0.3, -0.25) is 0 Å². The average molecular weight is 589 g/mol. The van der Waals surface area contributed by atoms with E-state index in [1.165, 1.54) is 104 Å². The molecule has 2 nitrogen and oxygen atoms in total. The maximum atomic E-state index is 4.49. The lowest BCUT2D eigenvalue weighted by Gasteiger charge is -2.33. The first-order valence-corrected chi connectivity index (χ1v) is 20.1. The van der Waals surface area contributed by atoms with Gasteiger partial charge in [0.2, 0.25) is 0 Å². The Kier molecular flexibility index (Phi) is 9.67. The fourth-order valence-corrected chi connectivity index (χ4v) is 7.40. The molecule has 1 aromatic heterocycles. The first-order valence-electron chi connectivity index (χ1n) is 15.9. The number of nitrogens with zero attached hydrogens (tertiary/aromatic N) is 2. The molecule has 4 aromatic rings. The lowest BCUT2D eigenvalue weighted by atomic mass is 9.70. The molecule has 0 bridgehead atoms. The number of hydrogen-bond donors (Lipinski definition) is 0. The average Bonchev–Trinajstić information content (AvgIpc) is 3.57. The SMILES string of the molecule is CCCCCCC1(CCCCCC)c2cc(C#Cc3cccc4nsnc34)ccc2-c2ccc(C#C[Si](C)(C)C)cc21. The quantitative estimate of drug-likeness (QED) is 0.105. The predicted octanol–water partition coefficient (Wildman–Crippen LogP) is 10.5. The standard InChI is InChI=1S/C38H44N2SSi/c1-6-8-10-12-24-38(25-13-11-9-7-2)34-27-29(17-20-31-15-14-16-36-37(31)40-41-39-36)18-21-32(34)33-22-19-30(28-35(33)38)23-26-42(3,4)5/h14-16,18-19,21-22,27-28H,6-13,24-25H2,1-5H3. The van der Waals surface area contributed by atoms with Gasteiger partial charge in [-0.15, -0.1) is 5.54 Å². The van der Waals surface area contributed by atoms with Gasteiger partial charge in [0.05, 0.1) is 17.3 Å². The van der Waals surface area contributed by atoms with Gasteiger partial charge in [-0.25, -0.2) is 0 Å². The van der Waals surface area contributed by atoms with E-state index < -0.39 is 8.07 Å². The van der Waals surface area contributed by atoms with Crippen LogP contribution in [0.15, 0.2) is 54.6 Å². The third-order valence-corrected chi connectivity index (χ3v) is 9.90. The molecule has 0 saturated heterocycles. The highest BCUT2D eigenvalue weighted by atomic mass is 32.1. The molecule has 0 saturated carbocycles. The second-order valence-electron chi connectivity index (χ2n) is 12.9. The summed E-state index contributed by atoms with van der Waals surface area (Å²) in [6.07, 6.45) is 12.6. The molecule has 216 valence electrons. The van der Waals surface area contributed by atoms with Crippen molar-refractivity contribution in [3.63, 3.8) is 0 Å². The molecule has 3 aromatic carbocycles. The molecular weight excluding hydrogens is 545 g/mol. The van der Waals surface area contributed by atoms with E-state index in [2.05, 4.69) is 108 Å². The molecule has 0 fully saturated rings. The molecule has 4 heteroatoms. The summed E-state index contributed by atoms with van der Waals surface area (Å²) in [6, 6.07) is 20.1. The van der Waals surface area contributed by atoms with Crippen LogP contribution >= 0.6 is 11.7 Å². The summed E-state index contributed by atoms with van der Waals surface area (Å²) in [4.78, 5) is 0. The number of unbranched alkanes of at least 4 members (excludes halogenated alkanes) is 6. The minimum absolute atomic E-state index is 0.0134. The van der Waals surface area contributed by atoms with Crippen molar-refractivity contribution in [2.24, 2.45) is 0 Å². The Morgan fingerprint density at radius 3 is 1.90 bits per heavy atom. The van der Waals surface area contributed by atoms with Gasteiger partial charge in [0, 0.05) is 16.5 Å². The summed E-state index contributed by atoms with van der Waals surface area (Å²) in [5, 5.41) is 0. The number of aromatic nitrogens is 2. The monoisotopic (exact) mass is 588 g/mol. The van der Waals surface area contributed by atoms with Gasteiger partial charge in [-0.2, -0.15) is 8.75 Å². The van der Waals surface area contributed by atoms with Crippen LogP contribution in [-0.4, -0.2) is 16.8 Å². The maximum absolute atomic E-state index is 4.49. The summed E-state index contributed by atoms with van der Waals surface area (Å²) in [6.45, 7) is 11.6. The van der Waals surface area contributed by atoms with E-state index in [1.807, 2.05) is 12.1 Å². The smallest absolute Gasteiger partial charge is 0.129 e. The molecule has 0 N–H and O–H groups in total. The Morgan fingerprint density at radius 2 is 1.31 bits per heavy atom. The number of fused-ring (bicyclic) bond motifs is 4. The van der Waals surface area contributed by atoms with Gasteiger partial charge >= 0.3 is 0 Å². The Bertz CT molecular complexity index is 1660. The van der Waals surface area contributed by atoms with Crippen LogP contribution in [0.1, 0.15) is 106 Å². The van der Waals surface area contributed by atoms with Crippen LogP contribution in [0.4, 0.5) is 0 Å². The van der Waals surface area contributed by atoms with Crippen LogP contribution < -0.4 is 0 Å². The van der Waals surface area contributed by atoms with E-state index in [9.17, 15) is 0 Å². The fourth-order valence-electron chi connectivity index (χ4n) is 6.33. The van der Waals surface area contributed by atoms with Crippen molar-refractivity contribution in [3.8, 4) is 34.4 Å². The number of hydrogen-bond acceptors (Lipinski definition) is 3. The van der Waals surface area contributed by atoms with Crippen molar-refractivity contribution in [1.82, 2.24) is 8.75 Å². The van der Waals surface area contributed by atoms with Crippen LogP contribution in [0.5, 0.6) is 0 Å². The van der Waals surface area contributed by atoms with Crippen molar-refractivity contribution >= 4 is 30.8 Å². The highest BCUT2D eigenvalue weighted by Crippen LogP contribution is 2.54. The summed E-state index contributed by atoms with van der Waals surface area (Å²) in [7, 11) is -1.47. The van der Waals surface area contributed by atoms with Crippen molar-refractivity contribution in [2.45, 2.75) is 103 Å². The molecule has 1 aliphatic carbocycles. The highest BCUT2D eigenvalue weighted by molar-refractivity contribution is 7.00. The molecule has 0 aliphatic heterocycles. The largest absolute Gasteiger partial charge is 0.173 e. The van der Waals surface area contributed by atoms with E-state index in [0.29, 0.717) is 0 Å². The minimum atomic E-state index is -1.47. The van der Waals surface area contributed by atoms with E-state index in [-0.39, 0.29) is 5.41 Å². The van der Waals surface area contributed by atoms with Crippen molar-refractivity contribution in [1.29, 1.82) is 0 Å². The fraction of sp³-hybridized carbons (Fsp3) is 0.421. The Morgan fingerprint density at radius 1 is 0.690 bits per heavy atom. The second-order valence-corrected chi connectivity index (χ2v) is 18.2. The summed E-state index contributed by atoms with van der Waals surface area (Å²) >= 11 is 1.25. The molecule has 1 heterocycles. The summed E-state index contributed by atoms with van der Waals surface area (Å²) < 4.78 is 8.89. The zero-order chi connectivity index (χ0) is 29.6. The molecule has 0 spiro atoms. The zero-order valence-electron chi connectivity index (χ0n) is 26.1. The molecule has 0 radical (unpaired) electrons. The highest BCUT2D eigenvalue weighted by Gasteiger charge is 2.42. The van der Waals surface area contributed by atoms with Crippen LogP contribution in [0, 0.1) is 23.3 Å². The Hall–Kier alpha value is -3.18. The van der Waals surface area contributed by atoms with Gasteiger partial charge < -0.3 is 0 Å². The maximum Gasteiger partial charge on any atom is 0.129 e. The van der Waals surface area contributed by atoms with Crippen molar-refractivity contribution < 1.29 is 0 Å². The molecule has 0 unspecified atom stereocenters. The predicted molar refractivity (Wildman–Crippen MR) is 184 cm³/mol. The first-order chi connectivity index (χ1) is 20.3. The van der Waals surface area contributed by atoms with Crippen LogP contribution in [-0.2, 0) is 5.41 Å². The van der Waals surface area contributed by atoms with Crippen molar-refractivity contribution in [3.05, 3.63) is 82.4 Å².